The lowest BCUT2D eigenvalue weighted by molar-refractivity contribution is 0.114. The summed E-state index contributed by atoms with van der Waals surface area (Å²) in [6, 6.07) is 0. The van der Waals surface area contributed by atoms with Crippen LogP contribution in [0.5, 0.6) is 0 Å². The van der Waals surface area contributed by atoms with Crippen LogP contribution < -0.4 is 10.7 Å². The normalized spacial score (nSPS) is 27.6. The zero-order valence-corrected chi connectivity index (χ0v) is 11.4. The van der Waals surface area contributed by atoms with E-state index >= 15 is 0 Å². The minimum Gasteiger partial charge on any atom is -0.376 e. The minimum absolute atomic E-state index is 0.303. The molecule has 18 heavy (non-hydrogen) atoms. The van der Waals surface area contributed by atoms with Gasteiger partial charge in [-0.1, -0.05) is 12.2 Å². The standard InChI is InChI=1S/C13H21N3OS/c18-13(14-10-12-7-4-8-17-12)16-15-9-11-5-2-1-3-6-11/h1-2,9,11-12H,3-8,10H2,(H2,14,16,18)/b15-9-/t11-,12+/m1/s1. The van der Waals surface area contributed by atoms with Gasteiger partial charge in [-0.05, 0) is 50.2 Å². The van der Waals surface area contributed by atoms with E-state index in [0.29, 0.717) is 17.1 Å². The molecule has 0 unspecified atom stereocenters. The first-order valence-corrected chi connectivity index (χ1v) is 7.09. The second kappa shape index (κ2) is 7.48. The summed E-state index contributed by atoms with van der Waals surface area (Å²) < 4.78 is 5.51. The molecule has 0 amide bonds. The Labute approximate surface area is 114 Å². The van der Waals surface area contributed by atoms with Crippen LogP contribution in [0.15, 0.2) is 17.3 Å². The van der Waals surface area contributed by atoms with Gasteiger partial charge in [-0.3, -0.25) is 5.43 Å². The molecule has 2 atom stereocenters. The third-order valence-electron chi connectivity index (χ3n) is 3.28. The average molecular weight is 267 g/mol. The Bertz CT molecular complexity index is 324. The third-order valence-corrected chi connectivity index (χ3v) is 3.51. The molecule has 0 aromatic rings. The highest BCUT2D eigenvalue weighted by molar-refractivity contribution is 7.80. The van der Waals surface area contributed by atoms with Gasteiger partial charge in [0.15, 0.2) is 5.11 Å². The molecule has 1 aliphatic carbocycles. The lowest BCUT2D eigenvalue weighted by Crippen LogP contribution is -2.37. The van der Waals surface area contributed by atoms with Crippen LogP contribution in [0.4, 0.5) is 0 Å². The first-order chi connectivity index (χ1) is 8.84. The smallest absolute Gasteiger partial charge is 0.187 e. The number of nitrogens with one attached hydrogen (secondary N) is 2. The van der Waals surface area contributed by atoms with E-state index in [0.717, 1.165) is 38.8 Å². The van der Waals surface area contributed by atoms with Crippen molar-refractivity contribution in [3.8, 4) is 0 Å². The van der Waals surface area contributed by atoms with E-state index in [1.807, 2.05) is 6.21 Å². The van der Waals surface area contributed by atoms with Gasteiger partial charge in [-0.2, -0.15) is 5.10 Å². The quantitative estimate of drug-likeness (QED) is 0.354. The second-order valence-electron chi connectivity index (χ2n) is 4.78. The number of hydrazone groups is 1. The molecule has 2 rings (SSSR count). The zero-order valence-electron chi connectivity index (χ0n) is 10.6. The summed E-state index contributed by atoms with van der Waals surface area (Å²) in [4.78, 5) is 0. The number of rotatable bonds is 4. The molecule has 1 fully saturated rings. The van der Waals surface area contributed by atoms with Crippen molar-refractivity contribution in [3.05, 3.63) is 12.2 Å². The molecule has 0 aromatic heterocycles. The van der Waals surface area contributed by atoms with Crippen molar-refractivity contribution in [1.29, 1.82) is 0 Å². The minimum atomic E-state index is 0.303. The molecule has 0 aromatic carbocycles. The van der Waals surface area contributed by atoms with Crippen LogP contribution in [-0.2, 0) is 4.74 Å². The molecule has 100 valence electrons. The largest absolute Gasteiger partial charge is 0.376 e. The predicted octanol–water partition coefficient (Wildman–Crippen LogP) is 1.97. The number of nitrogens with zero attached hydrogens (tertiary/aromatic N) is 1. The van der Waals surface area contributed by atoms with Crippen LogP contribution in [0.2, 0.25) is 0 Å². The molecular formula is C13H21N3OS. The van der Waals surface area contributed by atoms with Crippen LogP contribution in [0, 0.1) is 5.92 Å². The zero-order chi connectivity index (χ0) is 12.6. The van der Waals surface area contributed by atoms with E-state index in [1.54, 1.807) is 0 Å². The van der Waals surface area contributed by atoms with E-state index in [9.17, 15) is 0 Å². The molecule has 0 bridgehead atoms. The van der Waals surface area contributed by atoms with Gasteiger partial charge in [0.2, 0.25) is 0 Å². The summed E-state index contributed by atoms with van der Waals surface area (Å²) in [6.07, 6.45) is 12.4. The maximum absolute atomic E-state index is 5.51. The topological polar surface area (TPSA) is 45.6 Å². The van der Waals surface area contributed by atoms with Gasteiger partial charge in [-0.25, -0.2) is 0 Å². The Kier molecular flexibility index (Phi) is 5.61. The predicted molar refractivity (Wildman–Crippen MR) is 77.7 cm³/mol. The Morgan fingerprint density at radius 2 is 2.39 bits per heavy atom. The Morgan fingerprint density at radius 1 is 1.44 bits per heavy atom. The highest BCUT2D eigenvalue weighted by Gasteiger charge is 2.15. The fraction of sp³-hybridized carbons (Fsp3) is 0.692. The molecule has 2 N–H and O–H groups in total. The Hall–Kier alpha value is -0.940. The van der Waals surface area contributed by atoms with Gasteiger partial charge >= 0.3 is 0 Å². The number of hydrogen-bond donors (Lipinski definition) is 2. The lowest BCUT2D eigenvalue weighted by atomic mass is 9.96. The highest BCUT2D eigenvalue weighted by atomic mass is 32.1. The fourth-order valence-corrected chi connectivity index (χ4v) is 2.34. The van der Waals surface area contributed by atoms with Crippen molar-refractivity contribution in [3.63, 3.8) is 0 Å². The molecule has 2 aliphatic rings. The maximum atomic E-state index is 5.51. The number of thiocarbonyl (C=S) groups is 1. The van der Waals surface area contributed by atoms with Gasteiger partial charge in [0.25, 0.3) is 0 Å². The van der Waals surface area contributed by atoms with Gasteiger partial charge in [0.1, 0.15) is 0 Å². The molecule has 1 aliphatic heterocycles. The summed E-state index contributed by atoms with van der Waals surface area (Å²) >= 11 is 5.15. The number of ether oxygens (including phenoxy) is 1. The summed E-state index contributed by atoms with van der Waals surface area (Å²) in [6.45, 7) is 1.65. The van der Waals surface area contributed by atoms with Gasteiger partial charge < -0.3 is 10.1 Å². The third kappa shape index (κ3) is 4.74. The second-order valence-corrected chi connectivity index (χ2v) is 5.19. The van der Waals surface area contributed by atoms with Crippen LogP contribution in [0.1, 0.15) is 32.1 Å². The number of hydrogen-bond acceptors (Lipinski definition) is 3. The lowest BCUT2D eigenvalue weighted by Gasteiger charge is -2.13. The van der Waals surface area contributed by atoms with E-state index in [1.165, 1.54) is 6.42 Å². The SMILES string of the molecule is S=C(NC[C@@H]1CCCO1)N/N=C\[C@@H]1CC=CCC1. The molecule has 0 spiro atoms. The summed E-state index contributed by atoms with van der Waals surface area (Å²) in [7, 11) is 0. The summed E-state index contributed by atoms with van der Waals surface area (Å²) in [5.74, 6) is 0.545. The maximum Gasteiger partial charge on any atom is 0.187 e. The van der Waals surface area contributed by atoms with Crippen LogP contribution in [0.25, 0.3) is 0 Å². The average Bonchev–Trinajstić information content (AvgIpc) is 2.91. The van der Waals surface area contributed by atoms with Crippen molar-refractivity contribution >= 4 is 23.5 Å². The summed E-state index contributed by atoms with van der Waals surface area (Å²) in [5, 5.41) is 7.89. The van der Waals surface area contributed by atoms with Crippen molar-refractivity contribution < 1.29 is 4.74 Å². The van der Waals surface area contributed by atoms with Crippen molar-refractivity contribution in [2.75, 3.05) is 13.2 Å². The first kappa shape index (κ1) is 13.5. The van der Waals surface area contributed by atoms with Crippen LogP contribution >= 0.6 is 12.2 Å². The van der Waals surface area contributed by atoms with E-state index < -0.39 is 0 Å². The van der Waals surface area contributed by atoms with Crippen LogP contribution in [0.3, 0.4) is 0 Å². The van der Waals surface area contributed by atoms with Gasteiger partial charge in [0.05, 0.1) is 6.10 Å². The molecule has 0 radical (unpaired) electrons. The van der Waals surface area contributed by atoms with Gasteiger partial charge in [-0.15, -0.1) is 0 Å². The molecule has 4 nitrogen and oxygen atoms in total. The highest BCUT2D eigenvalue weighted by Crippen LogP contribution is 2.15. The van der Waals surface area contributed by atoms with E-state index in [-0.39, 0.29) is 0 Å². The first-order valence-electron chi connectivity index (χ1n) is 6.68. The Morgan fingerprint density at radius 3 is 3.11 bits per heavy atom. The number of allylic oxidation sites excluding steroid dienone is 2. The molecule has 5 heteroatoms. The van der Waals surface area contributed by atoms with Crippen molar-refractivity contribution in [2.45, 2.75) is 38.2 Å². The summed E-state index contributed by atoms with van der Waals surface area (Å²) in [5.41, 5.74) is 2.86. The Balaban J connectivity index is 1.58. The fourth-order valence-electron chi connectivity index (χ4n) is 2.21. The monoisotopic (exact) mass is 267 g/mol. The molecule has 0 saturated carbocycles. The van der Waals surface area contributed by atoms with Crippen LogP contribution in [-0.4, -0.2) is 30.6 Å². The van der Waals surface area contributed by atoms with E-state index in [2.05, 4.69) is 28.0 Å². The van der Waals surface area contributed by atoms with E-state index in [4.69, 9.17) is 17.0 Å². The molecular weight excluding hydrogens is 246 g/mol. The van der Waals surface area contributed by atoms with Gasteiger partial charge in [0, 0.05) is 19.4 Å². The van der Waals surface area contributed by atoms with Crippen molar-refractivity contribution in [1.82, 2.24) is 10.7 Å². The van der Waals surface area contributed by atoms with Crippen molar-refractivity contribution in [2.24, 2.45) is 11.0 Å². The molecule has 1 saturated heterocycles. The molecule has 1 heterocycles.